The van der Waals surface area contributed by atoms with Crippen LogP contribution < -0.4 is 16.8 Å². The summed E-state index contributed by atoms with van der Waals surface area (Å²) < 4.78 is 0. The zero-order chi connectivity index (χ0) is 17.4. The van der Waals surface area contributed by atoms with Crippen LogP contribution >= 0.6 is 0 Å². The summed E-state index contributed by atoms with van der Waals surface area (Å²) in [6.45, 7) is 4.70. The molecule has 0 amide bonds. The van der Waals surface area contributed by atoms with Crippen molar-refractivity contribution in [2.45, 2.75) is 37.5 Å². The lowest BCUT2D eigenvalue weighted by molar-refractivity contribution is 0.279. The highest BCUT2D eigenvalue weighted by Crippen LogP contribution is 2.48. The summed E-state index contributed by atoms with van der Waals surface area (Å²) in [5.41, 5.74) is 16.5. The van der Waals surface area contributed by atoms with E-state index in [1.54, 1.807) is 12.2 Å². The average molecular weight is 336 g/mol. The lowest BCUT2D eigenvalue weighted by Gasteiger charge is -2.40. The zero-order valence-corrected chi connectivity index (χ0v) is 14.3. The first-order chi connectivity index (χ1) is 12.1. The summed E-state index contributed by atoms with van der Waals surface area (Å²) in [6, 6.07) is 4.28. The van der Waals surface area contributed by atoms with Crippen molar-refractivity contribution in [3.63, 3.8) is 0 Å². The van der Waals surface area contributed by atoms with Crippen LogP contribution in [0, 0.1) is 0 Å². The van der Waals surface area contributed by atoms with Crippen molar-refractivity contribution in [1.29, 1.82) is 0 Å². The van der Waals surface area contributed by atoms with E-state index < -0.39 is 0 Å². The first kappa shape index (κ1) is 15.7. The molecule has 3 heterocycles. The van der Waals surface area contributed by atoms with Gasteiger partial charge in [-0.1, -0.05) is 13.0 Å². The van der Waals surface area contributed by atoms with Crippen LogP contribution in [-0.2, 0) is 11.8 Å². The van der Waals surface area contributed by atoms with Crippen molar-refractivity contribution >= 4 is 17.6 Å². The van der Waals surface area contributed by atoms with Crippen molar-refractivity contribution < 1.29 is 0 Å². The monoisotopic (exact) mass is 336 g/mol. The summed E-state index contributed by atoms with van der Waals surface area (Å²) in [5.74, 6) is 1.35. The summed E-state index contributed by atoms with van der Waals surface area (Å²) in [4.78, 5) is 13.0. The van der Waals surface area contributed by atoms with E-state index in [1.807, 2.05) is 0 Å². The van der Waals surface area contributed by atoms with Gasteiger partial charge in [0, 0.05) is 12.2 Å². The van der Waals surface area contributed by atoms with Crippen molar-refractivity contribution in [2.75, 3.05) is 17.6 Å². The fraction of sp³-hybridized carbons (Fsp3) is 0.368. The number of H-pyrrole nitrogens is 1. The highest BCUT2D eigenvalue weighted by Gasteiger charge is 2.45. The van der Waals surface area contributed by atoms with Crippen LogP contribution in [0.5, 0.6) is 0 Å². The van der Waals surface area contributed by atoms with E-state index >= 15 is 0 Å². The molecule has 4 rings (SSSR count). The molecule has 2 aromatic heterocycles. The van der Waals surface area contributed by atoms with Crippen LogP contribution in [0.2, 0.25) is 0 Å². The molecular weight excluding hydrogens is 312 g/mol. The molecule has 0 saturated heterocycles. The Morgan fingerprint density at radius 2 is 2.08 bits per heavy atom. The van der Waals surface area contributed by atoms with Crippen molar-refractivity contribution in [3.8, 4) is 0 Å². The number of nitrogens with two attached hydrogens (primary N) is 2. The van der Waals surface area contributed by atoms with Gasteiger partial charge in [0.05, 0.1) is 28.2 Å². The smallest absolute Gasteiger partial charge is 0.149 e. The molecule has 0 spiro atoms. The standard InChI is InChI=1S/C19H24N6/c1-2-12(20)11-15-17(21)25-18(24-15)19(8-4-9-19)16-7-6-13-14(23-16)5-3-10-22-13/h2,6-7,11,22H,1,3-5,8-10,20-21H2,(H,24,25)/b12-11+. The molecule has 2 aliphatic rings. The molecular formula is C19H24N6. The van der Waals surface area contributed by atoms with Crippen molar-refractivity contribution in [2.24, 2.45) is 5.73 Å². The molecule has 1 saturated carbocycles. The third-order valence-electron chi connectivity index (χ3n) is 5.34. The van der Waals surface area contributed by atoms with Gasteiger partial charge in [-0.25, -0.2) is 4.98 Å². The quantitative estimate of drug-likeness (QED) is 0.642. The Labute approximate surface area is 147 Å². The molecule has 0 bridgehead atoms. The highest BCUT2D eigenvalue weighted by molar-refractivity contribution is 5.62. The van der Waals surface area contributed by atoms with E-state index in [4.69, 9.17) is 16.5 Å². The van der Waals surface area contributed by atoms with Gasteiger partial charge in [0.2, 0.25) is 0 Å². The number of nitrogens with one attached hydrogen (secondary N) is 2. The van der Waals surface area contributed by atoms with Gasteiger partial charge in [-0.05, 0) is 50.0 Å². The molecule has 6 heteroatoms. The first-order valence-electron chi connectivity index (χ1n) is 8.82. The minimum absolute atomic E-state index is 0.171. The Hall–Kier alpha value is -2.76. The number of rotatable bonds is 4. The molecule has 1 fully saturated rings. The van der Waals surface area contributed by atoms with Gasteiger partial charge in [0.1, 0.15) is 11.6 Å². The number of aromatic amines is 1. The predicted molar refractivity (Wildman–Crippen MR) is 101 cm³/mol. The SMILES string of the molecule is C=C/C(N)=C\c1[nH]c(C2(c3ccc4c(n3)CCCN4)CCC2)nc1N. The normalized spacial score (nSPS) is 18.8. The average Bonchev–Trinajstić information content (AvgIpc) is 2.94. The number of aryl methyl sites for hydroxylation is 1. The number of aromatic nitrogens is 3. The topological polar surface area (TPSA) is 106 Å². The molecule has 1 aliphatic carbocycles. The molecule has 6 nitrogen and oxygen atoms in total. The molecule has 25 heavy (non-hydrogen) atoms. The first-order valence-corrected chi connectivity index (χ1v) is 8.82. The second-order valence-electron chi connectivity index (χ2n) is 6.89. The van der Waals surface area contributed by atoms with Crippen LogP contribution in [0.15, 0.2) is 30.5 Å². The lowest BCUT2D eigenvalue weighted by atomic mass is 9.65. The number of imidazole rings is 1. The van der Waals surface area contributed by atoms with E-state index in [-0.39, 0.29) is 5.41 Å². The predicted octanol–water partition coefficient (Wildman–Crippen LogP) is 2.70. The van der Waals surface area contributed by atoms with Crippen LogP contribution in [0.3, 0.4) is 0 Å². The summed E-state index contributed by atoms with van der Waals surface area (Å²) >= 11 is 0. The van der Waals surface area contributed by atoms with E-state index in [2.05, 4.69) is 34.0 Å². The van der Waals surface area contributed by atoms with Gasteiger partial charge in [-0.15, -0.1) is 0 Å². The minimum Gasteiger partial charge on any atom is -0.399 e. The fourth-order valence-corrected chi connectivity index (χ4v) is 3.71. The molecule has 0 aromatic carbocycles. The van der Waals surface area contributed by atoms with Gasteiger partial charge in [-0.2, -0.15) is 0 Å². The summed E-state index contributed by atoms with van der Waals surface area (Å²) in [6.07, 6.45) is 8.74. The Bertz CT molecular complexity index is 844. The maximum absolute atomic E-state index is 6.10. The number of hydrogen-bond donors (Lipinski definition) is 4. The summed E-state index contributed by atoms with van der Waals surface area (Å²) in [5, 5.41) is 3.42. The molecule has 0 unspecified atom stereocenters. The minimum atomic E-state index is -0.171. The maximum atomic E-state index is 6.10. The Kier molecular flexibility index (Phi) is 3.75. The molecule has 1 aliphatic heterocycles. The molecule has 0 radical (unpaired) electrons. The van der Waals surface area contributed by atoms with Crippen molar-refractivity contribution in [1.82, 2.24) is 15.0 Å². The molecule has 6 N–H and O–H groups in total. The Morgan fingerprint density at radius 1 is 1.24 bits per heavy atom. The van der Waals surface area contributed by atoms with Gasteiger partial charge in [0.15, 0.2) is 0 Å². The van der Waals surface area contributed by atoms with Crippen LogP contribution in [0.25, 0.3) is 6.08 Å². The Balaban J connectivity index is 1.75. The van der Waals surface area contributed by atoms with Gasteiger partial charge in [0.25, 0.3) is 0 Å². The van der Waals surface area contributed by atoms with Gasteiger partial charge < -0.3 is 21.8 Å². The third kappa shape index (κ3) is 2.58. The van der Waals surface area contributed by atoms with Crippen molar-refractivity contribution in [3.05, 3.63) is 53.4 Å². The number of pyridine rings is 1. The largest absolute Gasteiger partial charge is 0.399 e. The van der Waals surface area contributed by atoms with E-state index in [1.165, 1.54) is 0 Å². The lowest BCUT2D eigenvalue weighted by Crippen LogP contribution is -2.38. The van der Waals surface area contributed by atoms with Crippen LogP contribution in [0.1, 0.15) is 48.6 Å². The van der Waals surface area contributed by atoms with E-state index in [0.29, 0.717) is 11.5 Å². The fourth-order valence-electron chi connectivity index (χ4n) is 3.71. The third-order valence-corrected chi connectivity index (χ3v) is 5.34. The number of nitrogen functional groups attached to an aromatic ring is 1. The number of hydrogen-bond acceptors (Lipinski definition) is 5. The molecule has 0 atom stereocenters. The highest BCUT2D eigenvalue weighted by atomic mass is 15.0. The molecule has 130 valence electrons. The number of fused-ring (bicyclic) bond motifs is 1. The van der Waals surface area contributed by atoms with Gasteiger partial charge in [-0.3, -0.25) is 4.98 Å². The van der Waals surface area contributed by atoms with E-state index in [0.717, 1.165) is 67.2 Å². The van der Waals surface area contributed by atoms with Crippen LogP contribution in [0.4, 0.5) is 11.5 Å². The number of nitrogens with zero attached hydrogens (tertiary/aromatic N) is 2. The number of allylic oxidation sites excluding steroid dienone is 1. The summed E-state index contributed by atoms with van der Waals surface area (Å²) in [7, 11) is 0. The van der Waals surface area contributed by atoms with Crippen LogP contribution in [-0.4, -0.2) is 21.5 Å². The zero-order valence-electron chi connectivity index (χ0n) is 14.3. The number of anilines is 2. The molecule has 2 aromatic rings. The second kappa shape index (κ2) is 5.95. The maximum Gasteiger partial charge on any atom is 0.149 e. The second-order valence-corrected chi connectivity index (χ2v) is 6.89. The van der Waals surface area contributed by atoms with E-state index in [9.17, 15) is 0 Å². The van der Waals surface area contributed by atoms with Gasteiger partial charge >= 0.3 is 0 Å². The Morgan fingerprint density at radius 3 is 2.80 bits per heavy atom.